The number of benzene rings is 1. The van der Waals surface area contributed by atoms with Gasteiger partial charge in [0.2, 0.25) is 0 Å². The molecule has 1 rings (SSSR count). The molecule has 1 N–H and O–H groups in total. The Morgan fingerprint density at radius 1 is 1.33 bits per heavy atom. The van der Waals surface area contributed by atoms with Crippen molar-refractivity contribution in [2.75, 3.05) is 0 Å². The zero-order valence-electron chi connectivity index (χ0n) is 9.58. The van der Waals surface area contributed by atoms with Crippen LogP contribution in [0.15, 0.2) is 24.3 Å². The topological polar surface area (TPSA) is 37.3 Å². The summed E-state index contributed by atoms with van der Waals surface area (Å²) in [6.07, 6.45) is 2.00. The van der Waals surface area contributed by atoms with E-state index in [2.05, 4.69) is 20.8 Å². The highest BCUT2D eigenvalue weighted by Gasteiger charge is 2.10. The lowest BCUT2D eigenvalue weighted by molar-refractivity contribution is 0.0697. The summed E-state index contributed by atoms with van der Waals surface area (Å²) in [6, 6.07) is 7.18. The molecule has 0 atom stereocenters. The number of carboxylic acid groups (broad SMARTS) is 1. The van der Waals surface area contributed by atoms with Crippen LogP contribution < -0.4 is 0 Å². The molecule has 0 aliphatic carbocycles. The van der Waals surface area contributed by atoms with Crippen molar-refractivity contribution >= 4 is 5.97 Å². The molecular weight excluding hydrogens is 188 g/mol. The van der Waals surface area contributed by atoms with Crippen molar-refractivity contribution < 1.29 is 9.90 Å². The Labute approximate surface area is 90.9 Å². The Balaban J connectivity index is 2.70. The van der Waals surface area contributed by atoms with E-state index in [1.54, 1.807) is 18.2 Å². The van der Waals surface area contributed by atoms with Gasteiger partial charge in [0, 0.05) is 0 Å². The van der Waals surface area contributed by atoms with Crippen LogP contribution in [0.2, 0.25) is 0 Å². The van der Waals surface area contributed by atoms with Gasteiger partial charge in [-0.25, -0.2) is 4.79 Å². The van der Waals surface area contributed by atoms with Crippen LogP contribution in [-0.4, -0.2) is 11.1 Å². The first-order valence-corrected chi connectivity index (χ1v) is 5.21. The predicted molar refractivity (Wildman–Crippen MR) is 61.2 cm³/mol. The van der Waals surface area contributed by atoms with Crippen LogP contribution in [0.1, 0.15) is 43.1 Å². The van der Waals surface area contributed by atoms with E-state index in [-0.39, 0.29) is 0 Å². The molecule has 0 fully saturated rings. The van der Waals surface area contributed by atoms with Crippen molar-refractivity contribution in [1.29, 1.82) is 0 Å². The molecule has 82 valence electrons. The van der Waals surface area contributed by atoms with Crippen LogP contribution >= 0.6 is 0 Å². The van der Waals surface area contributed by atoms with Crippen LogP contribution in [0.3, 0.4) is 0 Å². The van der Waals surface area contributed by atoms with Gasteiger partial charge in [0.25, 0.3) is 0 Å². The van der Waals surface area contributed by atoms with Crippen molar-refractivity contribution in [3.63, 3.8) is 0 Å². The molecule has 0 saturated heterocycles. The molecule has 2 nitrogen and oxygen atoms in total. The van der Waals surface area contributed by atoms with Gasteiger partial charge in [-0.3, -0.25) is 0 Å². The second-order valence-corrected chi connectivity index (χ2v) is 5.07. The third-order valence-electron chi connectivity index (χ3n) is 2.34. The van der Waals surface area contributed by atoms with E-state index in [0.717, 1.165) is 18.4 Å². The minimum atomic E-state index is -0.854. The van der Waals surface area contributed by atoms with E-state index in [1.807, 2.05) is 6.07 Å². The van der Waals surface area contributed by atoms with E-state index in [4.69, 9.17) is 5.11 Å². The maximum Gasteiger partial charge on any atom is 0.335 e. The summed E-state index contributed by atoms with van der Waals surface area (Å²) in [7, 11) is 0. The van der Waals surface area contributed by atoms with E-state index < -0.39 is 5.97 Å². The lowest BCUT2D eigenvalue weighted by Gasteiger charge is -2.17. The summed E-state index contributed by atoms with van der Waals surface area (Å²) < 4.78 is 0. The number of carboxylic acids is 1. The summed E-state index contributed by atoms with van der Waals surface area (Å²) in [5.41, 5.74) is 1.77. The first-order chi connectivity index (χ1) is 6.88. The Morgan fingerprint density at radius 3 is 2.53 bits per heavy atom. The zero-order chi connectivity index (χ0) is 11.5. The standard InChI is InChI=1S/C13H18O2/c1-13(2,3)8-7-10-5-4-6-11(9-10)12(14)15/h4-6,9H,7-8H2,1-3H3,(H,14,15). The SMILES string of the molecule is CC(C)(C)CCc1cccc(C(=O)O)c1. The third kappa shape index (κ3) is 4.15. The molecule has 0 aliphatic heterocycles. The van der Waals surface area contributed by atoms with Crippen molar-refractivity contribution in [3.05, 3.63) is 35.4 Å². The minimum absolute atomic E-state index is 0.291. The third-order valence-corrected chi connectivity index (χ3v) is 2.34. The van der Waals surface area contributed by atoms with Gasteiger partial charge in [0.05, 0.1) is 5.56 Å². The fourth-order valence-electron chi connectivity index (χ4n) is 1.38. The molecule has 0 aliphatic rings. The van der Waals surface area contributed by atoms with Gasteiger partial charge in [-0.05, 0) is 36.0 Å². The lowest BCUT2D eigenvalue weighted by Crippen LogP contribution is -2.06. The first-order valence-electron chi connectivity index (χ1n) is 5.21. The van der Waals surface area contributed by atoms with Gasteiger partial charge >= 0.3 is 5.97 Å². The molecule has 0 saturated carbocycles. The van der Waals surface area contributed by atoms with Crippen LogP contribution in [0.5, 0.6) is 0 Å². The Hall–Kier alpha value is -1.31. The molecule has 0 unspecified atom stereocenters. The fourth-order valence-corrected chi connectivity index (χ4v) is 1.38. The number of hydrogen-bond acceptors (Lipinski definition) is 1. The first kappa shape index (κ1) is 11.8. The smallest absolute Gasteiger partial charge is 0.335 e. The Bertz CT molecular complexity index is 348. The monoisotopic (exact) mass is 206 g/mol. The molecule has 0 bridgehead atoms. The highest BCUT2D eigenvalue weighted by atomic mass is 16.4. The normalized spacial score (nSPS) is 11.4. The number of aryl methyl sites for hydroxylation is 1. The summed E-state index contributed by atoms with van der Waals surface area (Å²) >= 11 is 0. The molecule has 0 amide bonds. The summed E-state index contributed by atoms with van der Waals surface area (Å²) in [5, 5.41) is 8.84. The van der Waals surface area contributed by atoms with Crippen molar-refractivity contribution in [2.24, 2.45) is 5.41 Å². The minimum Gasteiger partial charge on any atom is -0.478 e. The Kier molecular flexibility index (Phi) is 3.51. The van der Waals surface area contributed by atoms with Crippen molar-refractivity contribution in [2.45, 2.75) is 33.6 Å². The van der Waals surface area contributed by atoms with Crippen molar-refractivity contribution in [3.8, 4) is 0 Å². The number of carbonyl (C=O) groups is 1. The van der Waals surface area contributed by atoms with E-state index in [9.17, 15) is 4.79 Å². The number of rotatable bonds is 3. The van der Waals surface area contributed by atoms with Crippen LogP contribution in [-0.2, 0) is 6.42 Å². The molecule has 0 heterocycles. The van der Waals surface area contributed by atoms with Crippen LogP contribution in [0.4, 0.5) is 0 Å². The average molecular weight is 206 g/mol. The van der Waals surface area contributed by atoms with E-state index >= 15 is 0 Å². The molecule has 1 aromatic rings. The molecule has 2 heteroatoms. The lowest BCUT2D eigenvalue weighted by atomic mass is 9.88. The summed E-state index contributed by atoms with van der Waals surface area (Å²) in [6.45, 7) is 6.57. The quantitative estimate of drug-likeness (QED) is 0.823. The maximum absolute atomic E-state index is 10.8. The summed E-state index contributed by atoms with van der Waals surface area (Å²) in [4.78, 5) is 10.8. The van der Waals surface area contributed by atoms with Crippen LogP contribution in [0, 0.1) is 5.41 Å². The highest BCUT2D eigenvalue weighted by molar-refractivity contribution is 5.87. The maximum atomic E-state index is 10.8. The van der Waals surface area contributed by atoms with Gasteiger partial charge in [-0.2, -0.15) is 0 Å². The molecule has 1 aromatic carbocycles. The molecular formula is C13H18O2. The fraction of sp³-hybridized carbons (Fsp3) is 0.462. The molecule has 0 spiro atoms. The molecule has 0 radical (unpaired) electrons. The second-order valence-electron chi connectivity index (χ2n) is 5.07. The Morgan fingerprint density at radius 2 is 2.00 bits per heavy atom. The van der Waals surface area contributed by atoms with Gasteiger partial charge in [-0.15, -0.1) is 0 Å². The van der Waals surface area contributed by atoms with Gasteiger partial charge < -0.3 is 5.11 Å². The van der Waals surface area contributed by atoms with Gasteiger partial charge in [0.1, 0.15) is 0 Å². The van der Waals surface area contributed by atoms with Crippen molar-refractivity contribution in [1.82, 2.24) is 0 Å². The predicted octanol–water partition coefficient (Wildman–Crippen LogP) is 3.36. The van der Waals surface area contributed by atoms with E-state index in [0.29, 0.717) is 11.0 Å². The molecule has 0 aromatic heterocycles. The van der Waals surface area contributed by atoms with Gasteiger partial charge in [0.15, 0.2) is 0 Å². The van der Waals surface area contributed by atoms with Gasteiger partial charge in [-0.1, -0.05) is 32.9 Å². The summed E-state index contributed by atoms with van der Waals surface area (Å²) in [5.74, 6) is -0.854. The zero-order valence-corrected chi connectivity index (χ0v) is 9.58. The van der Waals surface area contributed by atoms with E-state index in [1.165, 1.54) is 0 Å². The number of hydrogen-bond donors (Lipinski definition) is 1. The second kappa shape index (κ2) is 4.47. The number of aromatic carboxylic acids is 1. The average Bonchev–Trinajstić information content (AvgIpc) is 2.14. The highest BCUT2D eigenvalue weighted by Crippen LogP contribution is 2.21. The largest absolute Gasteiger partial charge is 0.478 e. The molecule has 15 heavy (non-hydrogen) atoms. The van der Waals surface area contributed by atoms with Crippen LogP contribution in [0.25, 0.3) is 0 Å².